The smallest absolute Gasteiger partial charge is 0.323 e. The Bertz CT molecular complexity index is 236. The van der Waals surface area contributed by atoms with Crippen LogP contribution in [0.4, 0.5) is 0 Å². The largest absolute Gasteiger partial charge is 0.480 e. The topological polar surface area (TPSA) is 66.4 Å². The molecule has 0 spiro atoms. The van der Waals surface area contributed by atoms with Gasteiger partial charge < -0.3 is 10.4 Å². The van der Waals surface area contributed by atoms with Crippen LogP contribution in [0.3, 0.4) is 0 Å². The maximum absolute atomic E-state index is 10.6. The first-order chi connectivity index (χ1) is 5.54. The Kier molecular flexibility index (Phi) is 4.54. The summed E-state index contributed by atoms with van der Waals surface area (Å²) in [6.45, 7) is 2.89. The van der Waals surface area contributed by atoms with E-state index in [1.54, 1.807) is 6.92 Å². The molecule has 0 amide bonds. The van der Waals surface area contributed by atoms with Gasteiger partial charge in [0.2, 0.25) is 0 Å². The van der Waals surface area contributed by atoms with Crippen molar-refractivity contribution >= 4 is 11.8 Å². The average Bonchev–Trinajstić information content (AvgIpc) is 1.97. The molecular formula is C8H11NO3. The van der Waals surface area contributed by atoms with Crippen LogP contribution in [-0.2, 0) is 9.59 Å². The van der Waals surface area contributed by atoms with Crippen LogP contribution in [0.2, 0.25) is 0 Å². The fourth-order valence-corrected chi connectivity index (χ4v) is 0.381. The summed E-state index contributed by atoms with van der Waals surface area (Å²) in [4.78, 5) is 20.6. The molecule has 0 heterocycles. The molecule has 0 fully saturated rings. The SMILES string of the molecule is CC(=O)C(C)C#CNCC(=O)O. The number of carboxylic acid groups (broad SMARTS) is 1. The molecule has 0 rings (SSSR count). The molecule has 4 heteroatoms. The van der Waals surface area contributed by atoms with Crippen molar-refractivity contribution in [2.45, 2.75) is 13.8 Å². The summed E-state index contributed by atoms with van der Waals surface area (Å²) in [5.41, 5.74) is 0. The van der Waals surface area contributed by atoms with Gasteiger partial charge in [-0.15, -0.1) is 0 Å². The Morgan fingerprint density at radius 3 is 2.58 bits per heavy atom. The summed E-state index contributed by atoms with van der Waals surface area (Å²) < 4.78 is 0. The van der Waals surface area contributed by atoms with Gasteiger partial charge in [0.25, 0.3) is 0 Å². The third-order valence-electron chi connectivity index (χ3n) is 1.23. The zero-order chi connectivity index (χ0) is 9.56. The number of carboxylic acids is 1. The number of Topliss-reactive ketones (excluding diaryl/α,β-unsaturated/α-hetero) is 1. The van der Waals surface area contributed by atoms with Crippen molar-refractivity contribution in [1.29, 1.82) is 0 Å². The van der Waals surface area contributed by atoms with E-state index in [1.807, 2.05) is 0 Å². The molecule has 0 radical (unpaired) electrons. The molecule has 12 heavy (non-hydrogen) atoms. The molecule has 1 atom stereocenters. The van der Waals surface area contributed by atoms with E-state index in [1.165, 1.54) is 6.92 Å². The predicted molar refractivity (Wildman–Crippen MR) is 43.3 cm³/mol. The number of carbonyl (C=O) groups excluding carboxylic acids is 1. The molecule has 2 N–H and O–H groups in total. The van der Waals surface area contributed by atoms with Crippen molar-refractivity contribution in [1.82, 2.24) is 5.32 Å². The van der Waals surface area contributed by atoms with Crippen molar-refractivity contribution in [2.75, 3.05) is 6.54 Å². The highest BCUT2D eigenvalue weighted by Gasteiger charge is 2.01. The Morgan fingerprint density at radius 2 is 2.17 bits per heavy atom. The molecule has 0 aliphatic rings. The maximum Gasteiger partial charge on any atom is 0.323 e. The van der Waals surface area contributed by atoms with Gasteiger partial charge in [-0.05, 0) is 13.8 Å². The van der Waals surface area contributed by atoms with Gasteiger partial charge in [-0.2, -0.15) is 0 Å². The highest BCUT2D eigenvalue weighted by molar-refractivity contribution is 5.80. The molecule has 1 unspecified atom stereocenters. The molecule has 0 saturated carbocycles. The third-order valence-corrected chi connectivity index (χ3v) is 1.23. The summed E-state index contributed by atoms with van der Waals surface area (Å²) in [7, 11) is 0. The molecular weight excluding hydrogens is 158 g/mol. The number of hydrogen-bond donors (Lipinski definition) is 2. The van der Waals surface area contributed by atoms with Gasteiger partial charge in [-0.1, -0.05) is 5.92 Å². The lowest BCUT2D eigenvalue weighted by Crippen LogP contribution is -2.17. The number of ketones is 1. The Balaban J connectivity index is 3.73. The first-order valence-electron chi connectivity index (χ1n) is 3.49. The second-order valence-electron chi connectivity index (χ2n) is 2.35. The molecule has 0 aliphatic heterocycles. The first kappa shape index (κ1) is 10.5. The molecule has 66 valence electrons. The highest BCUT2D eigenvalue weighted by Crippen LogP contribution is 1.91. The molecule has 0 bridgehead atoms. The zero-order valence-electron chi connectivity index (χ0n) is 7.05. The fraction of sp³-hybridized carbons (Fsp3) is 0.500. The third kappa shape index (κ3) is 5.30. The quantitative estimate of drug-likeness (QED) is 0.455. The number of hydrogen-bond acceptors (Lipinski definition) is 3. The van der Waals surface area contributed by atoms with Crippen LogP contribution in [0.5, 0.6) is 0 Å². The zero-order valence-corrected chi connectivity index (χ0v) is 7.05. The maximum atomic E-state index is 10.6. The molecule has 0 saturated heterocycles. The second-order valence-corrected chi connectivity index (χ2v) is 2.35. The lowest BCUT2D eigenvalue weighted by molar-refractivity contribution is -0.135. The van der Waals surface area contributed by atoms with Crippen molar-refractivity contribution in [3.05, 3.63) is 0 Å². The Morgan fingerprint density at radius 1 is 1.58 bits per heavy atom. The molecule has 0 aromatic rings. The van der Waals surface area contributed by atoms with Crippen molar-refractivity contribution in [3.8, 4) is 12.0 Å². The van der Waals surface area contributed by atoms with Gasteiger partial charge in [0.1, 0.15) is 12.3 Å². The van der Waals surface area contributed by atoms with E-state index in [2.05, 4.69) is 17.3 Å². The van der Waals surface area contributed by atoms with E-state index < -0.39 is 5.97 Å². The van der Waals surface area contributed by atoms with Crippen molar-refractivity contribution in [2.24, 2.45) is 5.92 Å². The predicted octanol–water partition coefficient (Wildman–Crippen LogP) is -0.153. The van der Waals surface area contributed by atoms with E-state index in [0.29, 0.717) is 0 Å². The molecule has 0 aromatic heterocycles. The van der Waals surface area contributed by atoms with E-state index >= 15 is 0 Å². The lowest BCUT2D eigenvalue weighted by atomic mass is 10.1. The summed E-state index contributed by atoms with van der Waals surface area (Å²) >= 11 is 0. The second kappa shape index (κ2) is 5.19. The normalized spacial score (nSPS) is 10.8. The molecule has 0 aromatic carbocycles. The summed E-state index contributed by atoms with van der Waals surface area (Å²) in [5.74, 6) is 1.22. The van der Waals surface area contributed by atoms with E-state index in [0.717, 1.165) is 0 Å². The minimum absolute atomic E-state index is 0.0281. The van der Waals surface area contributed by atoms with Gasteiger partial charge in [0.05, 0.1) is 5.92 Å². The monoisotopic (exact) mass is 169 g/mol. The highest BCUT2D eigenvalue weighted by atomic mass is 16.4. The number of aliphatic carboxylic acids is 1. The van der Waals surface area contributed by atoms with Crippen molar-refractivity contribution in [3.63, 3.8) is 0 Å². The van der Waals surface area contributed by atoms with Gasteiger partial charge >= 0.3 is 5.97 Å². The summed E-state index contributed by atoms with van der Waals surface area (Å²) in [6.07, 6.45) is 0. The van der Waals surface area contributed by atoms with Crippen LogP contribution in [0, 0.1) is 17.9 Å². The lowest BCUT2D eigenvalue weighted by Gasteiger charge is -1.94. The minimum Gasteiger partial charge on any atom is -0.480 e. The van der Waals surface area contributed by atoms with Crippen LogP contribution < -0.4 is 5.32 Å². The van der Waals surface area contributed by atoms with Crippen LogP contribution in [0.1, 0.15) is 13.8 Å². The van der Waals surface area contributed by atoms with Gasteiger partial charge in [-0.25, -0.2) is 0 Å². The van der Waals surface area contributed by atoms with Crippen LogP contribution in [0.15, 0.2) is 0 Å². The standard InChI is InChI=1S/C8H11NO3/c1-6(7(2)10)3-4-9-5-8(11)12/h6,9H,5H2,1-2H3,(H,11,12). The Hall–Kier alpha value is -1.50. The van der Waals surface area contributed by atoms with Crippen molar-refractivity contribution < 1.29 is 14.7 Å². The van der Waals surface area contributed by atoms with E-state index in [-0.39, 0.29) is 18.2 Å². The minimum atomic E-state index is -0.972. The van der Waals surface area contributed by atoms with Gasteiger partial charge in [0.15, 0.2) is 0 Å². The fourth-order valence-electron chi connectivity index (χ4n) is 0.381. The molecule has 4 nitrogen and oxygen atoms in total. The number of nitrogens with one attached hydrogen (secondary N) is 1. The number of carbonyl (C=O) groups is 2. The van der Waals surface area contributed by atoms with E-state index in [9.17, 15) is 9.59 Å². The average molecular weight is 169 g/mol. The summed E-state index contributed by atoms with van der Waals surface area (Å²) in [6, 6.07) is 2.40. The van der Waals surface area contributed by atoms with Crippen LogP contribution >= 0.6 is 0 Å². The Labute approximate surface area is 71.0 Å². The van der Waals surface area contributed by atoms with Crippen LogP contribution in [0.25, 0.3) is 0 Å². The number of rotatable bonds is 3. The van der Waals surface area contributed by atoms with E-state index in [4.69, 9.17) is 5.11 Å². The first-order valence-corrected chi connectivity index (χ1v) is 3.49. The summed E-state index contributed by atoms with van der Waals surface area (Å²) in [5, 5.41) is 10.5. The van der Waals surface area contributed by atoms with Crippen LogP contribution in [-0.4, -0.2) is 23.4 Å². The van der Waals surface area contributed by atoms with Gasteiger partial charge in [-0.3, -0.25) is 9.59 Å². The van der Waals surface area contributed by atoms with Gasteiger partial charge in [0, 0.05) is 6.04 Å². The molecule has 0 aliphatic carbocycles.